The molecule has 0 saturated carbocycles. The van der Waals surface area contributed by atoms with E-state index in [0.717, 1.165) is 18.2 Å². The number of halogens is 3. The molecule has 0 aliphatic heterocycles. The lowest BCUT2D eigenvalue weighted by atomic mass is 10.1. The molecule has 3 nitrogen and oxygen atoms in total. The summed E-state index contributed by atoms with van der Waals surface area (Å²) in [5.74, 6) is 0. The topological polar surface area (TPSA) is 45.0 Å². The molecule has 0 spiro atoms. The molecule has 1 rings (SSSR count). The van der Waals surface area contributed by atoms with Crippen LogP contribution in [0.1, 0.15) is 11.1 Å². The van der Waals surface area contributed by atoms with Gasteiger partial charge in [0.25, 0.3) is 0 Å². The quantitative estimate of drug-likeness (QED) is 0.828. The number of ether oxygens (including phenoxy) is 1. The lowest BCUT2D eigenvalue weighted by molar-refractivity contribution is -0.137. The van der Waals surface area contributed by atoms with E-state index in [2.05, 4.69) is 5.32 Å². The van der Waals surface area contributed by atoms with Gasteiger partial charge in [-0.3, -0.25) is 0 Å². The Bertz CT molecular complexity index is 424. The van der Waals surface area contributed by atoms with Crippen LogP contribution in [-0.4, -0.2) is 20.3 Å². The Morgan fingerprint density at radius 2 is 2.12 bits per heavy atom. The second kappa shape index (κ2) is 5.55. The van der Waals surface area contributed by atoms with Crippen molar-refractivity contribution in [2.24, 2.45) is 0 Å². The number of nitrogens with one attached hydrogen (secondary N) is 1. The first-order valence-corrected chi connectivity index (χ1v) is 4.83. The van der Waals surface area contributed by atoms with Gasteiger partial charge >= 0.3 is 6.18 Å². The zero-order chi connectivity index (χ0) is 12.9. The summed E-state index contributed by atoms with van der Waals surface area (Å²) in [5, 5.41) is 11.5. The van der Waals surface area contributed by atoms with Gasteiger partial charge in [-0.05, 0) is 18.2 Å². The summed E-state index contributed by atoms with van der Waals surface area (Å²) in [4.78, 5) is 0. The predicted molar refractivity (Wildman–Crippen MR) is 56.5 cm³/mol. The molecule has 0 amide bonds. The molecule has 6 heteroatoms. The maximum Gasteiger partial charge on any atom is 0.416 e. The van der Waals surface area contributed by atoms with Crippen LogP contribution in [0.2, 0.25) is 0 Å². The molecule has 0 aromatic heterocycles. The number of alkyl halides is 3. The van der Waals surface area contributed by atoms with Gasteiger partial charge in [0.1, 0.15) is 6.07 Å². The molecular formula is C11H11F3N2O. The van der Waals surface area contributed by atoms with Gasteiger partial charge in [0, 0.05) is 13.7 Å². The van der Waals surface area contributed by atoms with E-state index < -0.39 is 11.7 Å². The lowest BCUT2D eigenvalue weighted by Crippen LogP contribution is -2.11. The first kappa shape index (κ1) is 13.3. The van der Waals surface area contributed by atoms with Gasteiger partial charge in [0.15, 0.2) is 0 Å². The fourth-order valence-electron chi connectivity index (χ4n) is 1.25. The van der Waals surface area contributed by atoms with Crippen LogP contribution < -0.4 is 5.32 Å². The van der Waals surface area contributed by atoms with Crippen molar-refractivity contribution in [3.63, 3.8) is 0 Å². The van der Waals surface area contributed by atoms with Gasteiger partial charge in [0.2, 0.25) is 0 Å². The van der Waals surface area contributed by atoms with Crippen molar-refractivity contribution < 1.29 is 17.9 Å². The molecule has 0 unspecified atom stereocenters. The Kier molecular flexibility index (Phi) is 4.35. The predicted octanol–water partition coefficient (Wildman–Crippen LogP) is 2.64. The molecular weight excluding hydrogens is 233 g/mol. The van der Waals surface area contributed by atoms with Crippen LogP contribution in [0.25, 0.3) is 0 Å². The molecule has 0 fully saturated rings. The molecule has 1 aromatic carbocycles. The van der Waals surface area contributed by atoms with Crippen LogP contribution in [0.4, 0.5) is 18.9 Å². The van der Waals surface area contributed by atoms with Crippen molar-refractivity contribution >= 4 is 5.69 Å². The fraction of sp³-hybridized carbons (Fsp3) is 0.364. The van der Waals surface area contributed by atoms with E-state index in [1.165, 1.54) is 7.11 Å². The standard InChI is InChI=1S/C11H11F3N2O/c1-17-5-4-16-10-6-9(11(12,13)14)3-2-8(10)7-15/h2-3,6,16H,4-5H2,1H3. The third kappa shape index (κ3) is 3.64. The molecule has 0 aliphatic rings. The molecule has 1 N–H and O–H groups in total. The molecule has 17 heavy (non-hydrogen) atoms. The highest BCUT2D eigenvalue weighted by molar-refractivity contribution is 5.59. The van der Waals surface area contributed by atoms with Gasteiger partial charge in [0.05, 0.1) is 23.4 Å². The third-order valence-corrected chi connectivity index (χ3v) is 2.09. The maximum absolute atomic E-state index is 12.5. The number of nitrogens with zero attached hydrogens (tertiary/aromatic N) is 1. The van der Waals surface area contributed by atoms with Crippen LogP contribution in [-0.2, 0) is 10.9 Å². The van der Waals surface area contributed by atoms with Crippen LogP contribution >= 0.6 is 0 Å². The zero-order valence-electron chi connectivity index (χ0n) is 9.14. The average Bonchev–Trinajstić information content (AvgIpc) is 2.28. The lowest BCUT2D eigenvalue weighted by Gasteiger charge is -2.11. The minimum Gasteiger partial charge on any atom is -0.383 e. The average molecular weight is 244 g/mol. The van der Waals surface area contributed by atoms with Crippen LogP contribution in [0, 0.1) is 11.3 Å². The number of nitriles is 1. The van der Waals surface area contributed by atoms with E-state index in [1.807, 2.05) is 6.07 Å². The van der Waals surface area contributed by atoms with Crippen molar-refractivity contribution in [3.05, 3.63) is 29.3 Å². The molecule has 0 heterocycles. The van der Waals surface area contributed by atoms with Crippen LogP contribution in [0.15, 0.2) is 18.2 Å². The normalized spacial score (nSPS) is 11.0. The van der Waals surface area contributed by atoms with Crippen LogP contribution in [0.5, 0.6) is 0 Å². The van der Waals surface area contributed by atoms with Crippen molar-refractivity contribution in [2.75, 3.05) is 25.6 Å². The smallest absolute Gasteiger partial charge is 0.383 e. The molecule has 0 aliphatic carbocycles. The molecule has 0 saturated heterocycles. The summed E-state index contributed by atoms with van der Waals surface area (Å²) in [6.45, 7) is 0.688. The number of anilines is 1. The van der Waals surface area contributed by atoms with Gasteiger partial charge in [-0.25, -0.2) is 0 Å². The molecule has 92 valence electrons. The SMILES string of the molecule is COCCNc1cc(C(F)(F)F)ccc1C#N. The van der Waals surface area contributed by atoms with E-state index in [-0.39, 0.29) is 11.3 Å². The monoisotopic (exact) mass is 244 g/mol. The van der Waals surface area contributed by atoms with Crippen molar-refractivity contribution in [1.29, 1.82) is 5.26 Å². The summed E-state index contributed by atoms with van der Waals surface area (Å²) in [7, 11) is 1.49. The summed E-state index contributed by atoms with van der Waals surface area (Å²) in [6.07, 6.45) is -4.41. The van der Waals surface area contributed by atoms with Crippen LogP contribution in [0.3, 0.4) is 0 Å². The van der Waals surface area contributed by atoms with Crippen molar-refractivity contribution in [2.45, 2.75) is 6.18 Å². The summed E-state index contributed by atoms with van der Waals surface area (Å²) >= 11 is 0. The van der Waals surface area contributed by atoms with Gasteiger partial charge < -0.3 is 10.1 Å². The molecule has 0 radical (unpaired) electrons. The zero-order valence-corrected chi connectivity index (χ0v) is 9.14. The van der Waals surface area contributed by atoms with Gasteiger partial charge in [-0.1, -0.05) is 0 Å². The van der Waals surface area contributed by atoms with E-state index >= 15 is 0 Å². The third-order valence-electron chi connectivity index (χ3n) is 2.09. The molecule has 0 bridgehead atoms. The second-order valence-corrected chi connectivity index (χ2v) is 3.29. The van der Waals surface area contributed by atoms with Gasteiger partial charge in [-0.2, -0.15) is 18.4 Å². The highest BCUT2D eigenvalue weighted by atomic mass is 19.4. The Balaban J connectivity index is 2.96. The van der Waals surface area contributed by atoms with Crippen molar-refractivity contribution in [1.82, 2.24) is 0 Å². The molecule has 1 aromatic rings. The summed E-state index contributed by atoms with van der Waals surface area (Å²) in [6, 6.07) is 4.79. The number of benzene rings is 1. The van der Waals surface area contributed by atoms with E-state index in [4.69, 9.17) is 10.00 Å². The Labute approximate surface area is 96.8 Å². The van der Waals surface area contributed by atoms with Crippen molar-refractivity contribution in [3.8, 4) is 6.07 Å². The van der Waals surface area contributed by atoms with Gasteiger partial charge in [-0.15, -0.1) is 0 Å². The first-order valence-electron chi connectivity index (χ1n) is 4.83. The number of hydrogen-bond donors (Lipinski definition) is 1. The summed E-state index contributed by atoms with van der Waals surface area (Å²) in [5.41, 5.74) is -0.440. The maximum atomic E-state index is 12.5. The Morgan fingerprint density at radius 1 is 1.41 bits per heavy atom. The summed E-state index contributed by atoms with van der Waals surface area (Å²) < 4.78 is 42.1. The van der Waals surface area contributed by atoms with E-state index in [0.29, 0.717) is 13.2 Å². The fourth-order valence-corrected chi connectivity index (χ4v) is 1.25. The first-order chi connectivity index (χ1) is 7.99. The Morgan fingerprint density at radius 3 is 2.65 bits per heavy atom. The highest BCUT2D eigenvalue weighted by Crippen LogP contribution is 2.31. The van der Waals surface area contributed by atoms with E-state index in [9.17, 15) is 13.2 Å². The number of rotatable bonds is 4. The number of hydrogen-bond acceptors (Lipinski definition) is 3. The minimum absolute atomic E-state index is 0.166. The van der Waals surface area contributed by atoms with E-state index in [1.54, 1.807) is 0 Å². The Hall–Kier alpha value is -1.74. The second-order valence-electron chi connectivity index (χ2n) is 3.29. The number of methoxy groups -OCH3 is 1. The largest absolute Gasteiger partial charge is 0.416 e. The highest BCUT2D eigenvalue weighted by Gasteiger charge is 2.30. The minimum atomic E-state index is -4.41. The molecule has 0 atom stereocenters.